The maximum Gasteiger partial charge on any atom is 0.266 e. The fraction of sp³-hybridized carbons (Fsp3) is 0.289. The van der Waals surface area contributed by atoms with Crippen molar-refractivity contribution >= 4 is 79.6 Å². The molecule has 1 unspecified atom stereocenters. The number of carbonyl (C=O) groups is 8. The van der Waals surface area contributed by atoms with Crippen LogP contribution in [-0.2, 0) is 34.0 Å². The smallest absolute Gasteiger partial charge is 0.266 e. The van der Waals surface area contributed by atoms with Gasteiger partial charge in [0.2, 0.25) is 33.7 Å². The van der Waals surface area contributed by atoms with Crippen LogP contribution in [0.2, 0.25) is 0 Å². The van der Waals surface area contributed by atoms with Crippen molar-refractivity contribution in [2.45, 2.75) is 18.9 Å². The summed E-state index contributed by atoms with van der Waals surface area (Å²) < 4.78 is 29.9. The second-order valence-electron chi connectivity index (χ2n) is 16.0. The van der Waals surface area contributed by atoms with Gasteiger partial charge in [0.25, 0.3) is 23.6 Å². The number of ether oxygens (including phenoxy) is 1. The number of likely N-dealkylation sites (N-methyl/N-ethyl adjacent to an activating group) is 2. The van der Waals surface area contributed by atoms with Crippen LogP contribution >= 0.6 is 11.3 Å². The second kappa shape index (κ2) is 21.4. The number of hydrogen-bond acceptors (Lipinski definition) is 16. The predicted octanol–water partition coefficient (Wildman–Crippen LogP) is 0.930. The molecular formula is C45H47N11O11S2. The van der Waals surface area contributed by atoms with Crippen molar-refractivity contribution in [1.29, 1.82) is 0 Å². The van der Waals surface area contributed by atoms with Gasteiger partial charge in [0.1, 0.15) is 17.6 Å². The minimum Gasteiger partial charge on any atom is -0.483 e. The van der Waals surface area contributed by atoms with Crippen molar-refractivity contribution in [3.05, 3.63) is 101 Å². The summed E-state index contributed by atoms with van der Waals surface area (Å²) >= 11 is 1.21. The Morgan fingerprint density at radius 1 is 0.884 bits per heavy atom. The topological polar surface area (TPSA) is 281 Å². The van der Waals surface area contributed by atoms with E-state index >= 15 is 0 Å². The molecule has 1 fully saturated rings. The molecule has 5 N–H and O–H groups in total. The van der Waals surface area contributed by atoms with Crippen molar-refractivity contribution in [3.8, 4) is 28.1 Å². The number of fused-ring (bicyclic) bond motifs is 1. The highest BCUT2D eigenvalue weighted by Crippen LogP contribution is 2.34. The molecule has 8 amide bonds. The van der Waals surface area contributed by atoms with Crippen LogP contribution in [-0.4, -0.2) is 152 Å². The lowest BCUT2D eigenvalue weighted by molar-refractivity contribution is -0.136. The number of thiazole rings is 1. The highest BCUT2D eigenvalue weighted by atomic mass is 32.2. The lowest BCUT2D eigenvalue weighted by atomic mass is 10.0. The van der Waals surface area contributed by atoms with Crippen molar-refractivity contribution in [3.63, 3.8) is 0 Å². The van der Waals surface area contributed by atoms with E-state index in [9.17, 15) is 46.8 Å². The molecule has 360 valence electrons. The number of amides is 8. The third kappa shape index (κ3) is 12.2. The van der Waals surface area contributed by atoms with Gasteiger partial charge in [-0.05, 0) is 61.0 Å². The van der Waals surface area contributed by atoms with Crippen LogP contribution < -0.4 is 36.2 Å². The summed E-state index contributed by atoms with van der Waals surface area (Å²) in [5.41, 5.74) is 3.18. The van der Waals surface area contributed by atoms with Crippen LogP contribution in [0.3, 0.4) is 0 Å². The Bertz CT molecular complexity index is 2950. The Kier molecular flexibility index (Phi) is 15.2. The fourth-order valence-electron chi connectivity index (χ4n) is 7.31. The molecule has 22 nitrogen and oxygen atoms in total. The quantitative estimate of drug-likeness (QED) is 0.0679. The number of nitrogens with one attached hydrogen (secondary N) is 5. The Morgan fingerprint density at radius 3 is 2.35 bits per heavy atom. The Morgan fingerprint density at radius 2 is 1.61 bits per heavy atom. The molecule has 2 aliphatic rings. The van der Waals surface area contributed by atoms with E-state index in [0.29, 0.717) is 36.3 Å². The first-order valence-electron chi connectivity index (χ1n) is 21.3. The minimum atomic E-state index is -3.55. The molecule has 2 aromatic carbocycles. The standard InChI is InChI=1S/C45H47N11O11S2/c1-53(19-16-48-39(60)25-67-34-9-5-8-31-40(34)44(64)56(43(31)63)33-10-11-36(57)51-42(33)62)18-15-47-38(59)24-54(2)35-21-28(12-14-46-35)27-6-4-7-29(20-27)32-26-68-45(50-32)52-37(58)22-49-41(61)30-13-17-55(23-30)69(3,65)66/h4-9,12-14,17,20-21,23,26,33H,10-11,15-16,18-19,22,24-25H2,1-3H3,(H,47,59)(H,48,60)(H,49,61)(H,50,52,58)(H,51,57,62). The van der Waals surface area contributed by atoms with Crippen LogP contribution in [0, 0.1) is 0 Å². The van der Waals surface area contributed by atoms with E-state index in [1.807, 2.05) is 48.3 Å². The van der Waals surface area contributed by atoms with Crippen LogP contribution in [0.25, 0.3) is 22.4 Å². The lowest BCUT2D eigenvalue weighted by Gasteiger charge is -2.27. The summed E-state index contributed by atoms with van der Waals surface area (Å²) in [5.74, 6) is -3.86. The van der Waals surface area contributed by atoms with Gasteiger partial charge in [-0.3, -0.25) is 52.5 Å². The number of benzene rings is 2. The minimum absolute atomic E-state index is 0.0115. The number of rotatable bonds is 20. The van der Waals surface area contributed by atoms with E-state index in [4.69, 9.17) is 4.74 Å². The van der Waals surface area contributed by atoms with Gasteiger partial charge in [-0.2, -0.15) is 0 Å². The number of anilines is 2. The first kappa shape index (κ1) is 49.1. The number of aromatic nitrogens is 3. The van der Waals surface area contributed by atoms with Crippen molar-refractivity contribution in [1.82, 2.24) is 45.0 Å². The lowest BCUT2D eigenvalue weighted by Crippen LogP contribution is -2.54. The molecule has 0 aliphatic carbocycles. The molecule has 2 aliphatic heterocycles. The summed E-state index contributed by atoms with van der Waals surface area (Å²) in [4.78, 5) is 114. The Hall–Kier alpha value is -7.83. The van der Waals surface area contributed by atoms with E-state index < -0.39 is 64.0 Å². The summed E-state index contributed by atoms with van der Waals surface area (Å²) in [6.45, 7) is 0.769. The average Bonchev–Trinajstić information content (AvgIpc) is 4.07. The molecule has 7 rings (SSSR count). The van der Waals surface area contributed by atoms with Gasteiger partial charge in [-0.1, -0.05) is 24.3 Å². The van der Waals surface area contributed by atoms with Gasteiger partial charge >= 0.3 is 0 Å². The van der Waals surface area contributed by atoms with Crippen LogP contribution in [0.5, 0.6) is 5.75 Å². The van der Waals surface area contributed by atoms with E-state index in [-0.39, 0.29) is 60.8 Å². The molecular weight excluding hydrogens is 935 g/mol. The predicted molar refractivity (Wildman–Crippen MR) is 252 cm³/mol. The normalized spacial score (nSPS) is 14.6. The summed E-state index contributed by atoms with van der Waals surface area (Å²) in [6, 6.07) is 15.9. The Labute approximate surface area is 399 Å². The van der Waals surface area contributed by atoms with Crippen LogP contribution in [0.15, 0.2) is 84.6 Å². The molecule has 69 heavy (non-hydrogen) atoms. The first-order chi connectivity index (χ1) is 32.9. The summed E-state index contributed by atoms with van der Waals surface area (Å²) in [5, 5.41) is 15.0. The van der Waals surface area contributed by atoms with E-state index in [0.717, 1.165) is 38.0 Å². The fourth-order valence-corrected chi connectivity index (χ4v) is 8.63. The zero-order chi connectivity index (χ0) is 49.4. The summed E-state index contributed by atoms with van der Waals surface area (Å²) in [6.07, 6.45) is 5.06. The molecule has 0 spiro atoms. The number of piperidine rings is 1. The molecule has 0 bridgehead atoms. The van der Waals surface area contributed by atoms with E-state index in [1.165, 1.54) is 41.8 Å². The van der Waals surface area contributed by atoms with Crippen molar-refractivity contribution < 1.29 is 51.5 Å². The summed E-state index contributed by atoms with van der Waals surface area (Å²) in [7, 11) is 0.0374. The molecule has 1 saturated heterocycles. The first-order valence-corrected chi connectivity index (χ1v) is 24.1. The zero-order valence-corrected chi connectivity index (χ0v) is 39.1. The number of carbonyl (C=O) groups excluding carboxylic acids is 8. The SMILES string of the molecule is CN(CCNC(=O)COc1cccc2c1C(=O)N(C1CCC(=O)NC1=O)C2=O)CCNC(=O)CN(C)c1cc(-c2cccc(-c3csc(NC(=O)CNC(=O)c4ccn(S(C)(=O)=O)c4)n3)c2)ccn1. The number of pyridine rings is 1. The molecule has 24 heteroatoms. The molecule has 0 radical (unpaired) electrons. The zero-order valence-electron chi connectivity index (χ0n) is 37.5. The largest absolute Gasteiger partial charge is 0.483 e. The third-order valence-corrected chi connectivity index (χ3v) is 12.7. The van der Waals surface area contributed by atoms with E-state index in [1.54, 1.807) is 23.5 Å². The van der Waals surface area contributed by atoms with Crippen LogP contribution in [0.1, 0.15) is 43.9 Å². The maximum absolute atomic E-state index is 13.3. The second-order valence-corrected chi connectivity index (χ2v) is 18.8. The highest BCUT2D eigenvalue weighted by Gasteiger charge is 2.46. The van der Waals surface area contributed by atoms with Gasteiger partial charge in [0.05, 0.1) is 41.7 Å². The number of nitrogens with zero attached hydrogens (tertiary/aromatic N) is 6. The van der Waals surface area contributed by atoms with Gasteiger partial charge in [-0.25, -0.2) is 18.4 Å². The van der Waals surface area contributed by atoms with Crippen LogP contribution in [0.4, 0.5) is 10.9 Å². The molecule has 1 atom stereocenters. The van der Waals surface area contributed by atoms with Gasteiger partial charge in [0.15, 0.2) is 11.7 Å². The monoisotopic (exact) mass is 981 g/mol. The van der Waals surface area contributed by atoms with Gasteiger partial charge in [-0.15, -0.1) is 11.3 Å². The van der Waals surface area contributed by atoms with Crippen molar-refractivity contribution in [2.24, 2.45) is 0 Å². The van der Waals surface area contributed by atoms with Crippen molar-refractivity contribution in [2.75, 3.05) is 76.4 Å². The maximum atomic E-state index is 13.3. The number of hydrogen-bond donors (Lipinski definition) is 5. The molecule has 3 aromatic heterocycles. The van der Waals surface area contributed by atoms with Gasteiger partial charge < -0.3 is 35.8 Å². The Balaban J connectivity index is 0.810. The van der Waals surface area contributed by atoms with Gasteiger partial charge in [0, 0.05) is 69.2 Å². The number of imide groups is 2. The third-order valence-electron chi connectivity index (χ3n) is 10.9. The average molecular weight is 982 g/mol. The molecule has 0 saturated carbocycles. The molecule has 5 heterocycles. The molecule has 5 aromatic rings. The highest BCUT2D eigenvalue weighted by molar-refractivity contribution is 7.89. The van der Waals surface area contributed by atoms with E-state index in [2.05, 4.69) is 36.6 Å².